The fourth-order valence-corrected chi connectivity index (χ4v) is 2.02. The van der Waals surface area contributed by atoms with Crippen LogP contribution in [0.2, 0.25) is 0 Å². The largest absolute Gasteiger partial charge is 0.438 e. The van der Waals surface area contributed by atoms with Crippen LogP contribution in [0.5, 0.6) is 0 Å². The van der Waals surface area contributed by atoms with Gasteiger partial charge in [0.2, 0.25) is 5.66 Å². The Morgan fingerprint density at radius 1 is 1.36 bits per heavy atom. The molecule has 0 aromatic rings. The van der Waals surface area contributed by atoms with Crippen LogP contribution in [-0.2, 0) is 9.47 Å². The van der Waals surface area contributed by atoms with Crippen LogP contribution in [0.15, 0.2) is 10.2 Å². The summed E-state index contributed by atoms with van der Waals surface area (Å²) in [5.41, 5.74) is -0.838. The van der Waals surface area contributed by atoms with Crippen LogP contribution >= 0.6 is 0 Å². The standard InChI is InChI=1S/C12H17N3O7/c1-2-3-12(14-15-12)5-13-11(20)22-9-8(18)7(17)6(4-16)21-10(9)19/h1,6-10,16-19H,3-5H2,(H,13,20)/t6?,7-,8?,9?,10-/m1/s1. The number of terminal acetylenes is 1. The lowest BCUT2D eigenvalue weighted by Gasteiger charge is -2.39. The molecule has 0 saturated carbocycles. The Balaban J connectivity index is 1.84. The molecule has 2 heterocycles. The lowest BCUT2D eigenvalue weighted by molar-refractivity contribution is -0.285. The van der Waals surface area contributed by atoms with Gasteiger partial charge in [0.15, 0.2) is 12.4 Å². The van der Waals surface area contributed by atoms with Crippen LogP contribution in [0, 0.1) is 12.3 Å². The number of hydrogen-bond acceptors (Lipinski definition) is 9. The van der Waals surface area contributed by atoms with E-state index in [0.29, 0.717) is 0 Å². The molecule has 1 amide bonds. The first-order valence-electron chi connectivity index (χ1n) is 6.55. The van der Waals surface area contributed by atoms with Crippen molar-refractivity contribution in [3.05, 3.63) is 0 Å². The molecule has 0 spiro atoms. The highest BCUT2D eigenvalue weighted by atomic mass is 16.7. The number of carbonyl (C=O) groups is 1. The molecule has 10 nitrogen and oxygen atoms in total. The fourth-order valence-electron chi connectivity index (χ4n) is 2.02. The molecular formula is C12H17N3O7. The van der Waals surface area contributed by atoms with Crippen LogP contribution in [0.25, 0.3) is 0 Å². The van der Waals surface area contributed by atoms with Gasteiger partial charge in [-0.1, -0.05) is 0 Å². The molecule has 2 aliphatic heterocycles. The van der Waals surface area contributed by atoms with Crippen LogP contribution < -0.4 is 5.32 Å². The molecule has 22 heavy (non-hydrogen) atoms. The number of rotatable bonds is 5. The van der Waals surface area contributed by atoms with Crippen LogP contribution in [0.4, 0.5) is 4.79 Å². The number of aliphatic hydroxyl groups excluding tert-OH is 4. The van der Waals surface area contributed by atoms with Crippen molar-refractivity contribution in [3.8, 4) is 12.3 Å². The second-order valence-electron chi connectivity index (χ2n) is 5.02. The van der Waals surface area contributed by atoms with Crippen molar-refractivity contribution in [1.82, 2.24) is 5.32 Å². The van der Waals surface area contributed by atoms with Crippen molar-refractivity contribution < 1.29 is 34.7 Å². The average molecular weight is 315 g/mol. The van der Waals surface area contributed by atoms with E-state index in [4.69, 9.17) is 21.0 Å². The molecule has 0 bridgehead atoms. The molecule has 3 unspecified atom stereocenters. The predicted octanol–water partition coefficient (Wildman–Crippen LogP) is -2.30. The number of amides is 1. The molecule has 1 saturated heterocycles. The molecule has 5 N–H and O–H groups in total. The minimum absolute atomic E-state index is 0.0115. The summed E-state index contributed by atoms with van der Waals surface area (Å²) >= 11 is 0. The van der Waals surface area contributed by atoms with Gasteiger partial charge in [-0.2, -0.15) is 10.2 Å². The molecule has 0 aliphatic carbocycles. The van der Waals surface area contributed by atoms with Gasteiger partial charge in [-0.25, -0.2) is 4.79 Å². The first kappa shape index (κ1) is 16.6. The highest BCUT2D eigenvalue weighted by molar-refractivity contribution is 5.67. The fraction of sp³-hybridized carbons (Fsp3) is 0.750. The Morgan fingerprint density at radius 3 is 2.59 bits per heavy atom. The summed E-state index contributed by atoms with van der Waals surface area (Å²) in [6.45, 7) is -0.594. The SMILES string of the molecule is C#CCC1(CNC(=O)OC2C(O)[C@H](O)C(CO)O[C@H]2O)N=N1. The Hall–Kier alpha value is -1.77. The van der Waals surface area contributed by atoms with Gasteiger partial charge in [0.05, 0.1) is 19.6 Å². The molecule has 0 radical (unpaired) electrons. The van der Waals surface area contributed by atoms with Gasteiger partial charge in [-0.15, -0.1) is 12.3 Å². The third-order valence-electron chi connectivity index (χ3n) is 3.37. The van der Waals surface area contributed by atoms with Gasteiger partial charge in [-0.05, 0) is 0 Å². The Kier molecular flexibility index (Phi) is 4.94. The van der Waals surface area contributed by atoms with E-state index in [2.05, 4.69) is 21.5 Å². The van der Waals surface area contributed by atoms with E-state index in [1.54, 1.807) is 0 Å². The van der Waals surface area contributed by atoms with E-state index in [0.717, 1.165) is 0 Å². The minimum atomic E-state index is -1.68. The Bertz CT molecular complexity index is 486. The monoisotopic (exact) mass is 315 g/mol. The van der Waals surface area contributed by atoms with Crippen molar-refractivity contribution >= 4 is 6.09 Å². The van der Waals surface area contributed by atoms with Gasteiger partial charge in [0.25, 0.3) is 0 Å². The van der Waals surface area contributed by atoms with Crippen LogP contribution in [0.3, 0.4) is 0 Å². The molecule has 2 aliphatic rings. The first-order chi connectivity index (χ1) is 10.4. The van der Waals surface area contributed by atoms with E-state index < -0.39 is 49.1 Å². The third kappa shape index (κ3) is 3.52. The number of hydrogen-bond donors (Lipinski definition) is 5. The van der Waals surface area contributed by atoms with Crippen LogP contribution in [0.1, 0.15) is 6.42 Å². The average Bonchev–Trinajstić information content (AvgIpc) is 3.26. The number of nitrogens with one attached hydrogen (secondary N) is 1. The summed E-state index contributed by atoms with van der Waals surface area (Å²) in [5, 5.41) is 47.9. The van der Waals surface area contributed by atoms with Crippen molar-refractivity contribution in [2.24, 2.45) is 10.2 Å². The third-order valence-corrected chi connectivity index (χ3v) is 3.37. The maximum absolute atomic E-state index is 11.7. The number of aliphatic hydroxyl groups is 4. The van der Waals surface area contributed by atoms with Gasteiger partial charge in [-0.3, -0.25) is 0 Å². The van der Waals surface area contributed by atoms with Gasteiger partial charge in [0, 0.05) is 0 Å². The van der Waals surface area contributed by atoms with Gasteiger partial charge >= 0.3 is 6.09 Å². The Labute approximate surface area is 125 Å². The van der Waals surface area contributed by atoms with Crippen molar-refractivity contribution in [2.75, 3.05) is 13.2 Å². The van der Waals surface area contributed by atoms with E-state index in [1.165, 1.54) is 0 Å². The van der Waals surface area contributed by atoms with Crippen molar-refractivity contribution in [3.63, 3.8) is 0 Å². The van der Waals surface area contributed by atoms with E-state index >= 15 is 0 Å². The Morgan fingerprint density at radius 2 is 2.05 bits per heavy atom. The normalized spacial score (nSPS) is 35.5. The zero-order chi connectivity index (χ0) is 16.3. The molecule has 122 valence electrons. The zero-order valence-electron chi connectivity index (χ0n) is 11.5. The van der Waals surface area contributed by atoms with E-state index in [-0.39, 0.29) is 13.0 Å². The zero-order valence-corrected chi connectivity index (χ0v) is 11.5. The van der Waals surface area contributed by atoms with Gasteiger partial charge in [0.1, 0.15) is 18.3 Å². The second kappa shape index (κ2) is 6.55. The van der Waals surface area contributed by atoms with Crippen molar-refractivity contribution in [1.29, 1.82) is 0 Å². The van der Waals surface area contributed by atoms with Crippen LogP contribution in [-0.4, -0.2) is 76.0 Å². The lowest BCUT2D eigenvalue weighted by Crippen LogP contribution is -2.60. The van der Waals surface area contributed by atoms with Crippen molar-refractivity contribution in [2.45, 2.75) is 42.8 Å². The number of ether oxygens (including phenoxy) is 2. The molecule has 2 rings (SSSR count). The maximum atomic E-state index is 11.7. The molecule has 0 aromatic carbocycles. The van der Waals surface area contributed by atoms with Gasteiger partial charge < -0.3 is 35.2 Å². The molecule has 1 fully saturated rings. The summed E-state index contributed by atoms with van der Waals surface area (Å²) in [7, 11) is 0. The van der Waals surface area contributed by atoms with E-state index in [1.807, 2.05) is 0 Å². The smallest absolute Gasteiger partial charge is 0.407 e. The highest BCUT2D eigenvalue weighted by Crippen LogP contribution is 2.30. The number of alkyl carbamates (subject to hydrolysis) is 1. The summed E-state index contributed by atoms with van der Waals surface area (Å²) < 4.78 is 9.68. The predicted molar refractivity (Wildman–Crippen MR) is 69.3 cm³/mol. The van der Waals surface area contributed by atoms with E-state index in [9.17, 15) is 20.1 Å². The molecule has 5 atom stereocenters. The second-order valence-corrected chi connectivity index (χ2v) is 5.02. The quantitative estimate of drug-likeness (QED) is 0.357. The maximum Gasteiger partial charge on any atom is 0.407 e. The molecule has 0 aromatic heterocycles. The highest BCUT2D eigenvalue weighted by Gasteiger charge is 2.46. The minimum Gasteiger partial charge on any atom is -0.438 e. The summed E-state index contributed by atoms with van der Waals surface area (Å²) in [5.74, 6) is 2.37. The summed E-state index contributed by atoms with van der Waals surface area (Å²) in [4.78, 5) is 11.7. The lowest BCUT2D eigenvalue weighted by atomic mass is 9.99. The topological polar surface area (TPSA) is 153 Å². The number of carbonyl (C=O) groups excluding carboxylic acids is 1. The summed E-state index contributed by atoms with van der Waals surface area (Å²) in [6.07, 6.45) is -3.07. The molecular weight excluding hydrogens is 298 g/mol. The number of nitrogens with zero attached hydrogens (tertiary/aromatic N) is 2. The summed E-state index contributed by atoms with van der Waals surface area (Å²) in [6, 6.07) is 0. The first-order valence-corrected chi connectivity index (χ1v) is 6.55. The molecule has 10 heteroatoms.